The maximum absolute atomic E-state index is 13.4. The quantitative estimate of drug-likeness (QED) is 0.276. The fourth-order valence-electron chi connectivity index (χ4n) is 4.09. The number of para-hydroxylation sites is 1. The number of carbonyl (C=O) groups excluding carboxylic acids is 3. The van der Waals surface area contributed by atoms with E-state index >= 15 is 0 Å². The van der Waals surface area contributed by atoms with Crippen molar-refractivity contribution < 1.29 is 23.9 Å². The number of nitrogens with one attached hydrogen (secondary N) is 2. The first-order chi connectivity index (χ1) is 19.1. The highest BCUT2D eigenvalue weighted by molar-refractivity contribution is 6.07. The first-order valence-electron chi connectivity index (χ1n) is 13.0. The zero-order valence-electron chi connectivity index (χ0n) is 23.0. The first-order valence-corrected chi connectivity index (χ1v) is 13.0. The predicted octanol–water partition coefficient (Wildman–Crippen LogP) is 5.68. The molecule has 9 nitrogen and oxygen atoms in total. The molecule has 0 saturated carbocycles. The lowest BCUT2D eigenvalue weighted by atomic mass is 10.0. The van der Waals surface area contributed by atoms with Crippen LogP contribution in [0.15, 0.2) is 73.1 Å². The number of pyridine rings is 2. The molecule has 0 aliphatic heterocycles. The fourth-order valence-corrected chi connectivity index (χ4v) is 4.09. The summed E-state index contributed by atoms with van der Waals surface area (Å²) in [5.41, 5.74) is 2.94. The van der Waals surface area contributed by atoms with Gasteiger partial charge in [0.2, 0.25) is 0 Å². The second kappa shape index (κ2) is 12.4. The third-order valence-corrected chi connectivity index (χ3v) is 5.81. The largest absolute Gasteiger partial charge is 0.466 e. The number of carbonyl (C=O) groups is 3. The van der Waals surface area contributed by atoms with Crippen molar-refractivity contribution >= 4 is 34.4 Å². The Balaban J connectivity index is 1.62. The van der Waals surface area contributed by atoms with E-state index in [-0.39, 0.29) is 31.2 Å². The summed E-state index contributed by atoms with van der Waals surface area (Å²) in [5.74, 6) is -0.789. The Kier molecular flexibility index (Phi) is 8.73. The normalized spacial score (nSPS) is 11.1. The molecule has 2 heterocycles. The maximum Gasteiger partial charge on any atom is 0.407 e. The van der Waals surface area contributed by atoms with Gasteiger partial charge in [0.05, 0.1) is 18.7 Å². The highest BCUT2D eigenvalue weighted by Crippen LogP contribution is 2.28. The molecule has 2 amide bonds. The van der Waals surface area contributed by atoms with Crippen LogP contribution in [0.5, 0.6) is 0 Å². The molecular formula is C31H32N4O5. The van der Waals surface area contributed by atoms with E-state index in [2.05, 4.69) is 15.6 Å². The Morgan fingerprint density at radius 3 is 2.55 bits per heavy atom. The molecule has 2 aromatic carbocycles. The van der Waals surface area contributed by atoms with Gasteiger partial charge >= 0.3 is 12.1 Å². The van der Waals surface area contributed by atoms with Gasteiger partial charge in [-0.15, -0.1) is 0 Å². The molecule has 0 saturated heterocycles. The average Bonchev–Trinajstić information content (AvgIpc) is 2.91. The molecule has 0 unspecified atom stereocenters. The van der Waals surface area contributed by atoms with Gasteiger partial charge in [-0.25, -0.2) is 9.78 Å². The summed E-state index contributed by atoms with van der Waals surface area (Å²) in [6.45, 7) is 7.71. The predicted molar refractivity (Wildman–Crippen MR) is 153 cm³/mol. The second-order valence-corrected chi connectivity index (χ2v) is 10.1. The van der Waals surface area contributed by atoms with Gasteiger partial charge < -0.3 is 20.1 Å². The van der Waals surface area contributed by atoms with Gasteiger partial charge in [-0.3, -0.25) is 14.6 Å². The van der Waals surface area contributed by atoms with Gasteiger partial charge in [0.25, 0.3) is 5.91 Å². The van der Waals surface area contributed by atoms with Crippen LogP contribution >= 0.6 is 0 Å². The molecule has 4 aromatic rings. The van der Waals surface area contributed by atoms with Crippen LogP contribution in [-0.4, -0.2) is 40.1 Å². The number of fused-ring (bicyclic) bond motifs is 1. The molecule has 9 heteroatoms. The van der Waals surface area contributed by atoms with Crippen molar-refractivity contribution in [2.45, 2.75) is 46.3 Å². The third-order valence-electron chi connectivity index (χ3n) is 5.81. The van der Waals surface area contributed by atoms with Crippen molar-refractivity contribution in [1.82, 2.24) is 15.3 Å². The average molecular weight is 541 g/mol. The zero-order valence-corrected chi connectivity index (χ0v) is 23.0. The van der Waals surface area contributed by atoms with Crippen molar-refractivity contribution in [2.24, 2.45) is 0 Å². The Labute approximate surface area is 232 Å². The lowest BCUT2D eigenvalue weighted by Gasteiger charge is -2.19. The Morgan fingerprint density at radius 2 is 1.77 bits per heavy atom. The van der Waals surface area contributed by atoms with Gasteiger partial charge in [0.1, 0.15) is 11.3 Å². The number of rotatable bonds is 8. The molecular weight excluding hydrogens is 508 g/mol. The van der Waals surface area contributed by atoms with E-state index in [1.54, 1.807) is 70.4 Å². The number of alkyl carbamates (subject to hydrolysis) is 1. The molecule has 0 atom stereocenters. The molecule has 0 bridgehead atoms. The molecule has 4 rings (SSSR count). The van der Waals surface area contributed by atoms with Crippen LogP contribution in [0.3, 0.4) is 0 Å². The topological polar surface area (TPSA) is 120 Å². The molecule has 2 N–H and O–H groups in total. The highest BCUT2D eigenvalue weighted by Gasteiger charge is 2.18. The Bertz CT molecular complexity index is 1540. The third kappa shape index (κ3) is 7.41. The highest BCUT2D eigenvalue weighted by atomic mass is 16.6. The van der Waals surface area contributed by atoms with Gasteiger partial charge in [-0.1, -0.05) is 36.4 Å². The molecule has 0 aliphatic carbocycles. The molecule has 0 fully saturated rings. The van der Waals surface area contributed by atoms with Crippen LogP contribution in [0.1, 0.15) is 49.3 Å². The van der Waals surface area contributed by atoms with Crippen LogP contribution in [0.4, 0.5) is 10.5 Å². The van der Waals surface area contributed by atoms with Gasteiger partial charge in [-0.05, 0) is 68.5 Å². The van der Waals surface area contributed by atoms with Gasteiger partial charge in [0, 0.05) is 35.6 Å². The molecule has 40 heavy (non-hydrogen) atoms. The van der Waals surface area contributed by atoms with Crippen LogP contribution in [0.25, 0.3) is 22.0 Å². The smallest absolute Gasteiger partial charge is 0.407 e. The van der Waals surface area contributed by atoms with Crippen molar-refractivity contribution in [3.8, 4) is 11.3 Å². The number of ether oxygens (including phenoxy) is 2. The maximum atomic E-state index is 13.4. The summed E-state index contributed by atoms with van der Waals surface area (Å²) >= 11 is 0. The van der Waals surface area contributed by atoms with E-state index in [4.69, 9.17) is 14.5 Å². The van der Waals surface area contributed by atoms with Crippen LogP contribution in [0, 0.1) is 0 Å². The van der Waals surface area contributed by atoms with Gasteiger partial charge in [0.15, 0.2) is 0 Å². The number of esters is 1. The summed E-state index contributed by atoms with van der Waals surface area (Å²) < 4.78 is 10.4. The minimum atomic E-state index is -0.595. The number of amides is 2. The second-order valence-electron chi connectivity index (χ2n) is 10.1. The summed E-state index contributed by atoms with van der Waals surface area (Å²) in [6.07, 6.45) is 2.90. The van der Waals surface area contributed by atoms with E-state index in [0.29, 0.717) is 16.9 Å². The van der Waals surface area contributed by atoms with Crippen LogP contribution in [0.2, 0.25) is 0 Å². The molecule has 0 aliphatic rings. The molecule has 206 valence electrons. The number of hydrogen-bond acceptors (Lipinski definition) is 7. The summed E-state index contributed by atoms with van der Waals surface area (Å²) in [6, 6.07) is 18.2. The zero-order chi connectivity index (χ0) is 28.7. The van der Waals surface area contributed by atoms with Crippen molar-refractivity contribution in [3.63, 3.8) is 0 Å². The lowest BCUT2D eigenvalue weighted by molar-refractivity contribution is -0.142. The molecule has 0 radical (unpaired) electrons. The monoisotopic (exact) mass is 540 g/mol. The minimum Gasteiger partial charge on any atom is -0.466 e. The molecule has 0 spiro atoms. The Morgan fingerprint density at radius 1 is 0.975 bits per heavy atom. The summed E-state index contributed by atoms with van der Waals surface area (Å²) in [7, 11) is 0. The lowest BCUT2D eigenvalue weighted by Crippen LogP contribution is -2.32. The van der Waals surface area contributed by atoms with Crippen molar-refractivity contribution in [3.05, 3.63) is 89.9 Å². The van der Waals surface area contributed by atoms with E-state index in [1.165, 1.54) is 0 Å². The number of hydrogen-bond donors (Lipinski definition) is 2. The molecule has 2 aromatic heterocycles. The first kappa shape index (κ1) is 28.2. The summed E-state index contributed by atoms with van der Waals surface area (Å²) in [4.78, 5) is 46.5. The van der Waals surface area contributed by atoms with Gasteiger partial charge in [-0.2, -0.15) is 0 Å². The number of benzene rings is 2. The fraction of sp³-hybridized carbons (Fsp3) is 0.258. The Hall–Kier alpha value is -4.79. The van der Waals surface area contributed by atoms with Crippen molar-refractivity contribution in [2.75, 3.05) is 11.9 Å². The van der Waals surface area contributed by atoms with Crippen LogP contribution < -0.4 is 10.6 Å². The number of anilines is 1. The van der Waals surface area contributed by atoms with E-state index in [9.17, 15) is 14.4 Å². The number of nitrogens with zero attached hydrogens (tertiary/aromatic N) is 2. The van der Waals surface area contributed by atoms with E-state index in [0.717, 1.165) is 21.9 Å². The standard InChI is InChI=1S/C31H32N4O5/c1-5-39-27(36)17-22-10-6-7-12-25(22)35-29(37)26-16-21-13-14-32-19-24(21)28(34-26)23-11-8-9-20(15-23)18-33-30(38)40-31(2,3)4/h6-16,19H,5,17-18H2,1-4H3,(H,33,38)(H,35,37). The minimum absolute atomic E-state index is 0.0382. The SMILES string of the molecule is CCOC(=O)Cc1ccccc1NC(=O)c1cc2ccncc2c(-c2cccc(CNC(=O)OC(C)(C)C)c2)n1. The van der Waals surface area contributed by atoms with Crippen LogP contribution in [-0.2, 0) is 27.2 Å². The summed E-state index contributed by atoms with van der Waals surface area (Å²) in [5, 5.41) is 7.23. The van der Waals surface area contributed by atoms with Crippen molar-refractivity contribution in [1.29, 1.82) is 0 Å². The van der Waals surface area contributed by atoms with E-state index in [1.807, 2.05) is 30.3 Å². The number of aromatic nitrogens is 2. The van der Waals surface area contributed by atoms with E-state index < -0.39 is 17.6 Å².